The fourth-order valence-corrected chi connectivity index (χ4v) is 2.21. The number of sulfonamides is 1. The molecule has 2 rings (SSSR count). The lowest BCUT2D eigenvalue weighted by Gasteiger charge is -2.06. The number of anilines is 1. The highest BCUT2D eigenvalue weighted by atomic mass is 32.2. The van der Waals surface area contributed by atoms with Crippen LogP contribution in [0.1, 0.15) is 5.69 Å². The van der Waals surface area contributed by atoms with Crippen LogP contribution in [0, 0.1) is 17.3 Å². The monoisotopic (exact) mass is 278 g/mol. The van der Waals surface area contributed by atoms with E-state index in [1.807, 2.05) is 0 Å². The second-order valence-electron chi connectivity index (χ2n) is 3.44. The molecule has 8 heteroatoms. The molecule has 0 spiro atoms. The Labute approximate surface area is 108 Å². The van der Waals surface area contributed by atoms with Crippen molar-refractivity contribution in [1.82, 2.24) is 9.97 Å². The predicted molar refractivity (Wildman–Crippen MR) is 64.0 cm³/mol. The van der Waals surface area contributed by atoms with E-state index in [4.69, 9.17) is 5.26 Å². The number of nitrogens with zero attached hydrogens (tertiary/aromatic N) is 3. The Hall–Kier alpha value is -2.53. The van der Waals surface area contributed by atoms with Gasteiger partial charge in [-0.05, 0) is 24.3 Å². The van der Waals surface area contributed by atoms with Gasteiger partial charge in [0.05, 0.1) is 0 Å². The predicted octanol–water partition coefficient (Wildman–Crippen LogP) is 1.29. The number of halogens is 1. The summed E-state index contributed by atoms with van der Waals surface area (Å²) in [4.78, 5) is 6.89. The Morgan fingerprint density at radius 2 is 2.05 bits per heavy atom. The number of aromatic nitrogens is 2. The van der Waals surface area contributed by atoms with E-state index in [0.717, 1.165) is 12.3 Å². The van der Waals surface area contributed by atoms with Crippen molar-refractivity contribution in [2.75, 3.05) is 4.72 Å². The summed E-state index contributed by atoms with van der Waals surface area (Å²) in [6.07, 6.45) is 1.04. The first-order chi connectivity index (χ1) is 9.01. The molecule has 2 aromatic rings. The molecule has 0 aromatic carbocycles. The lowest BCUT2D eigenvalue weighted by Crippen LogP contribution is -2.14. The summed E-state index contributed by atoms with van der Waals surface area (Å²) in [6.45, 7) is 0. The standard InChI is InChI=1S/C11H7FN4O2S/c12-10-2-1-3-11(15-10)16-19(17,18)9-5-4-8(6-13)14-7-9/h1-5,7H,(H,15,16). The number of pyridine rings is 2. The summed E-state index contributed by atoms with van der Waals surface area (Å²) < 4.78 is 38.8. The van der Waals surface area contributed by atoms with E-state index in [9.17, 15) is 12.8 Å². The van der Waals surface area contributed by atoms with Gasteiger partial charge in [-0.2, -0.15) is 9.65 Å². The van der Waals surface area contributed by atoms with Gasteiger partial charge in [-0.1, -0.05) is 6.07 Å². The summed E-state index contributed by atoms with van der Waals surface area (Å²) in [5.74, 6) is -0.928. The number of rotatable bonds is 3. The SMILES string of the molecule is N#Cc1ccc(S(=O)(=O)Nc2cccc(F)n2)cn1. The Bertz CT molecular complexity index is 738. The minimum Gasteiger partial charge on any atom is -0.263 e. The first-order valence-corrected chi connectivity index (χ1v) is 6.51. The average Bonchev–Trinajstić information content (AvgIpc) is 2.38. The van der Waals surface area contributed by atoms with Crippen molar-refractivity contribution in [3.63, 3.8) is 0 Å². The Morgan fingerprint density at radius 3 is 2.63 bits per heavy atom. The van der Waals surface area contributed by atoms with E-state index in [0.29, 0.717) is 0 Å². The maximum absolute atomic E-state index is 12.8. The van der Waals surface area contributed by atoms with Crippen molar-refractivity contribution in [3.05, 3.63) is 48.2 Å². The van der Waals surface area contributed by atoms with Crippen molar-refractivity contribution in [1.29, 1.82) is 5.26 Å². The van der Waals surface area contributed by atoms with Crippen LogP contribution in [0.4, 0.5) is 10.2 Å². The van der Waals surface area contributed by atoms with E-state index in [2.05, 4.69) is 14.7 Å². The van der Waals surface area contributed by atoms with Gasteiger partial charge < -0.3 is 0 Å². The molecule has 2 aromatic heterocycles. The van der Waals surface area contributed by atoms with Crippen molar-refractivity contribution < 1.29 is 12.8 Å². The molecule has 0 radical (unpaired) electrons. The summed E-state index contributed by atoms with van der Waals surface area (Å²) in [5, 5.41) is 8.57. The molecule has 0 amide bonds. The van der Waals surface area contributed by atoms with Crippen LogP contribution in [0.25, 0.3) is 0 Å². The van der Waals surface area contributed by atoms with Gasteiger partial charge in [0, 0.05) is 6.20 Å². The molecule has 0 saturated heterocycles. The highest BCUT2D eigenvalue weighted by Crippen LogP contribution is 2.13. The second kappa shape index (κ2) is 4.99. The molecule has 0 atom stereocenters. The van der Waals surface area contributed by atoms with Crippen LogP contribution < -0.4 is 4.72 Å². The van der Waals surface area contributed by atoms with E-state index < -0.39 is 16.0 Å². The van der Waals surface area contributed by atoms with Crippen molar-refractivity contribution >= 4 is 15.8 Å². The molecular formula is C11H7FN4O2S. The van der Waals surface area contributed by atoms with E-state index >= 15 is 0 Å². The minimum absolute atomic E-state index is 0.0998. The van der Waals surface area contributed by atoms with E-state index in [-0.39, 0.29) is 16.4 Å². The van der Waals surface area contributed by atoms with Gasteiger partial charge in [-0.25, -0.2) is 18.4 Å². The fourth-order valence-electron chi connectivity index (χ4n) is 1.27. The lowest BCUT2D eigenvalue weighted by molar-refractivity contribution is 0.584. The highest BCUT2D eigenvalue weighted by molar-refractivity contribution is 7.92. The van der Waals surface area contributed by atoms with E-state index in [1.54, 1.807) is 6.07 Å². The second-order valence-corrected chi connectivity index (χ2v) is 5.12. The number of hydrogen-bond donors (Lipinski definition) is 1. The van der Waals surface area contributed by atoms with Crippen LogP contribution >= 0.6 is 0 Å². The third-order valence-corrected chi connectivity index (χ3v) is 3.46. The topological polar surface area (TPSA) is 95.7 Å². The van der Waals surface area contributed by atoms with Crippen LogP contribution in [-0.2, 0) is 10.0 Å². The first-order valence-electron chi connectivity index (χ1n) is 5.03. The van der Waals surface area contributed by atoms with Crippen LogP contribution in [-0.4, -0.2) is 18.4 Å². The third-order valence-electron chi connectivity index (χ3n) is 2.12. The third kappa shape index (κ3) is 3.02. The molecule has 0 fully saturated rings. The van der Waals surface area contributed by atoms with Crippen LogP contribution in [0.15, 0.2) is 41.4 Å². The molecule has 0 aliphatic carbocycles. The van der Waals surface area contributed by atoms with Gasteiger partial charge in [0.15, 0.2) is 0 Å². The summed E-state index contributed by atoms with van der Waals surface area (Å²) in [6, 6.07) is 8.02. The molecule has 0 aliphatic rings. The summed E-state index contributed by atoms with van der Waals surface area (Å²) in [5.41, 5.74) is 0.0998. The number of nitrogens with one attached hydrogen (secondary N) is 1. The molecule has 19 heavy (non-hydrogen) atoms. The zero-order valence-electron chi connectivity index (χ0n) is 9.41. The number of hydrogen-bond acceptors (Lipinski definition) is 5. The Balaban J connectivity index is 2.30. The van der Waals surface area contributed by atoms with E-state index in [1.165, 1.54) is 24.3 Å². The van der Waals surface area contributed by atoms with Crippen molar-refractivity contribution in [2.45, 2.75) is 4.90 Å². The molecule has 1 N–H and O–H groups in total. The van der Waals surface area contributed by atoms with Gasteiger partial charge >= 0.3 is 0 Å². The minimum atomic E-state index is -3.91. The fraction of sp³-hybridized carbons (Fsp3) is 0. The number of nitriles is 1. The van der Waals surface area contributed by atoms with Crippen LogP contribution in [0.3, 0.4) is 0 Å². The van der Waals surface area contributed by atoms with Gasteiger partial charge in [-0.15, -0.1) is 0 Å². The zero-order chi connectivity index (χ0) is 13.9. The van der Waals surface area contributed by atoms with Crippen LogP contribution in [0.5, 0.6) is 0 Å². The largest absolute Gasteiger partial charge is 0.264 e. The smallest absolute Gasteiger partial charge is 0.263 e. The first kappa shape index (κ1) is 12.9. The summed E-state index contributed by atoms with van der Waals surface area (Å²) in [7, 11) is -3.91. The van der Waals surface area contributed by atoms with Crippen molar-refractivity contribution in [2.24, 2.45) is 0 Å². The maximum atomic E-state index is 12.8. The van der Waals surface area contributed by atoms with Gasteiger partial charge in [0.2, 0.25) is 5.95 Å². The quantitative estimate of drug-likeness (QED) is 0.853. The zero-order valence-corrected chi connectivity index (χ0v) is 10.2. The highest BCUT2D eigenvalue weighted by Gasteiger charge is 2.15. The molecule has 2 heterocycles. The Kier molecular flexibility index (Phi) is 3.39. The molecule has 96 valence electrons. The summed E-state index contributed by atoms with van der Waals surface area (Å²) >= 11 is 0. The molecule has 6 nitrogen and oxygen atoms in total. The molecule has 0 aliphatic heterocycles. The van der Waals surface area contributed by atoms with Crippen molar-refractivity contribution in [3.8, 4) is 6.07 Å². The molecule has 0 unspecified atom stereocenters. The van der Waals surface area contributed by atoms with Gasteiger partial charge in [0.25, 0.3) is 10.0 Å². The van der Waals surface area contributed by atoms with Gasteiger partial charge in [-0.3, -0.25) is 4.72 Å². The molecule has 0 bridgehead atoms. The maximum Gasteiger partial charge on any atom is 0.264 e. The molecule has 0 saturated carbocycles. The molecular weight excluding hydrogens is 271 g/mol. The lowest BCUT2D eigenvalue weighted by atomic mass is 10.4. The Morgan fingerprint density at radius 1 is 1.26 bits per heavy atom. The van der Waals surface area contributed by atoms with Gasteiger partial charge in [0.1, 0.15) is 22.5 Å². The van der Waals surface area contributed by atoms with Crippen LogP contribution in [0.2, 0.25) is 0 Å². The average molecular weight is 278 g/mol. The normalized spacial score (nSPS) is 10.7.